The first-order valence-corrected chi connectivity index (χ1v) is 11.2. The van der Waals surface area contributed by atoms with Gasteiger partial charge in [-0.15, -0.1) is 0 Å². The van der Waals surface area contributed by atoms with Crippen molar-refractivity contribution in [3.8, 4) is 0 Å². The molecule has 190 valence electrons. The number of rotatable bonds is 11. The van der Waals surface area contributed by atoms with Gasteiger partial charge in [0, 0.05) is 24.7 Å². The molecular formula is C23H28N8O5. The Balaban J connectivity index is 1.62. The lowest BCUT2D eigenvalue weighted by Crippen LogP contribution is -2.41. The van der Waals surface area contributed by atoms with E-state index in [0.29, 0.717) is 29.8 Å². The normalized spacial score (nSPS) is 11.6. The summed E-state index contributed by atoms with van der Waals surface area (Å²) in [5.74, 6) is -2.13. The Morgan fingerprint density at radius 1 is 1.14 bits per heavy atom. The second kappa shape index (κ2) is 11.7. The number of ether oxygens (including phenoxy) is 1. The average molecular weight is 497 g/mol. The minimum Gasteiger partial charge on any atom is -0.480 e. The molecule has 1 amide bonds. The predicted octanol–water partition coefficient (Wildman–Crippen LogP) is 1.14. The zero-order valence-corrected chi connectivity index (χ0v) is 20.0. The number of nitrogens with one attached hydrogen (secondary N) is 1. The number of aromatic nitrogens is 4. The smallest absolute Gasteiger partial charge is 0.326 e. The van der Waals surface area contributed by atoms with Crippen LogP contribution in [-0.4, -0.2) is 62.6 Å². The number of carbonyl (C=O) groups is 3. The van der Waals surface area contributed by atoms with Gasteiger partial charge < -0.3 is 31.5 Å². The Bertz CT molecular complexity index is 1250. The molecule has 6 N–H and O–H groups in total. The molecule has 0 aliphatic rings. The summed E-state index contributed by atoms with van der Waals surface area (Å²) < 4.78 is 4.95. The van der Waals surface area contributed by atoms with Crippen molar-refractivity contribution in [3.63, 3.8) is 0 Å². The summed E-state index contributed by atoms with van der Waals surface area (Å²) in [7, 11) is 1.84. The molecule has 0 saturated carbocycles. The third-order valence-corrected chi connectivity index (χ3v) is 5.18. The maximum atomic E-state index is 12.6. The number of nitrogens with two attached hydrogens (primary N) is 2. The van der Waals surface area contributed by atoms with Crippen molar-refractivity contribution in [2.75, 3.05) is 30.0 Å². The highest BCUT2D eigenvalue weighted by molar-refractivity contribution is 5.97. The number of carbonyl (C=O) groups excluding carboxylic acids is 2. The van der Waals surface area contributed by atoms with E-state index in [1.807, 2.05) is 18.9 Å². The van der Waals surface area contributed by atoms with Crippen LogP contribution in [0.1, 0.15) is 42.2 Å². The standard InChI is InChI=1S/C23H28N8O5/c1-3-10-36-17(32)9-8-16(22(34)35)28-21(33)13-4-6-15(7-5-13)31(2)12-14-11-26-20-18(27-14)19(24)29-23(25)30-20/h4-7,11,16H,3,8-10,12H2,1-2H3,(H,28,33)(H,34,35)(H4,24,25,26,29,30)/t16-/m0/s1. The van der Waals surface area contributed by atoms with Crippen molar-refractivity contribution >= 4 is 46.5 Å². The minimum atomic E-state index is -1.23. The van der Waals surface area contributed by atoms with E-state index in [9.17, 15) is 19.5 Å². The third kappa shape index (κ3) is 6.74. The molecule has 0 radical (unpaired) electrons. The fourth-order valence-corrected chi connectivity index (χ4v) is 3.31. The molecule has 13 heteroatoms. The van der Waals surface area contributed by atoms with Crippen molar-refractivity contribution in [2.24, 2.45) is 0 Å². The molecule has 0 fully saturated rings. The Morgan fingerprint density at radius 3 is 2.53 bits per heavy atom. The molecule has 0 bridgehead atoms. The van der Waals surface area contributed by atoms with Crippen LogP contribution in [0.4, 0.5) is 17.5 Å². The minimum absolute atomic E-state index is 0.0208. The van der Waals surface area contributed by atoms with Crippen LogP contribution in [0.25, 0.3) is 11.2 Å². The number of anilines is 3. The molecule has 3 aromatic rings. The van der Waals surface area contributed by atoms with E-state index >= 15 is 0 Å². The fourth-order valence-electron chi connectivity index (χ4n) is 3.31. The first-order valence-electron chi connectivity index (χ1n) is 11.2. The summed E-state index contributed by atoms with van der Waals surface area (Å²) in [6.07, 6.45) is 2.06. The molecule has 0 saturated heterocycles. The number of nitrogens with zero attached hydrogens (tertiary/aromatic N) is 5. The molecule has 3 rings (SSSR count). The van der Waals surface area contributed by atoms with Crippen molar-refractivity contribution in [1.82, 2.24) is 25.3 Å². The van der Waals surface area contributed by atoms with Crippen LogP contribution in [0.3, 0.4) is 0 Å². The van der Waals surface area contributed by atoms with Crippen LogP contribution in [-0.2, 0) is 20.9 Å². The van der Waals surface area contributed by atoms with E-state index < -0.39 is 23.9 Å². The number of esters is 1. The second-order valence-corrected chi connectivity index (χ2v) is 8.03. The molecule has 0 spiro atoms. The quantitative estimate of drug-likeness (QED) is 0.276. The zero-order chi connectivity index (χ0) is 26.2. The van der Waals surface area contributed by atoms with Crippen LogP contribution in [0.2, 0.25) is 0 Å². The predicted molar refractivity (Wildman–Crippen MR) is 132 cm³/mol. The summed E-state index contributed by atoms with van der Waals surface area (Å²) in [6.45, 7) is 2.51. The molecular weight excluding hydrogens is 468 g/mol. The molecule has 2 heterocycles. The zero-order valence-electron chi connectivity index (χ0n) is 20.0. The average Bonchev–Trinajstić information content (AvgIpc) is 2.85. The number of hydrogen-bond donors (Lipinski definition) is 4. The van der Waals surface area contributed by atoms with Gasteiger partial charge in [0.05, 0.1) is 25.0 Å². The largest absolute Gasteiger partial charge is 0.480 e. The summed E-state index contributed by atoms with van der Waals surface area (Å²) in [4.78, 5) is 54.2. The lowest BCUT2D eigenvalue weighted by atomic mass is 10.1. The number of benzene rings is 1. The number of carboxylic acid groups (broad SMARTS) is 1. The van der Waals surface area contributed by atoms with Crippen molar-refractivity contribution in [2.45, 2.75) is 38.8 Å². The van der Waals surface area contributed by atoms with E-state index in [1.54, 1.807) is 30.5 Å². The second-order valence-electron chi connectivity index (χ2n) is 8.03. The molecule has 2 aromatic heterocycles. The van der Waals surface area contributed by atoms with Crippen LogP contribution in [0.15, 0.2) is 30.5 Å². The number of fused-ring (bicyclic) bond motifs is 1. The van der Waals surface area contributed by atoms with Crippen molar-refractivity contribution in [3.05, 3.63) is 41.7 Å². The highest BCUT2D eigenvalue weighted by Gasteiger charge is 2.22. The molecule has 0 aliphatic heterocycles. The Labute approximate surface area is 206 Å². The van der Waals surface area contributed by atoms with Crippen molar-refractivity contribution in [1.29, 1.82) is 0 Å². The molecule has 36 heavy (non-hydrogen) atoms. The maximum absolute atomic E-state index is 12.6. The van der Waals surface area contributed by atoms with E-state index in [0.717, 1.165) is 5.69 Å². The van der Waals surface area contributed by atoms with Gasteiger partial charge in [-0.2, -0.15) is 9.97 Å². The maximum Gasteiger partial charge on any atom is 0.326 e. The van der Waals surface area contributed by atoms with Crippen LogP contribution in [0.5, 0.6) is 0 Å². The van der Waals surface area contributed by atoms with E-state index in [1.165, 1.54) is 0 Å². The molecule has 0 unspecified atom stereocenters. The van der Waals surface area contributed by atoms with E-state index in [-0.39, 0.29) is 36.8 Å². The van der Waals surface area contributed by atoms with Crippen LogP contribution >= 0.6 is 0 Å². The van der Waals surface area contributed by atoms with Gasteiger partial charge in [0.25, 0.3) is 5.91 Å². The lowest BCUT2D eigenvalue weighted by molar-refractivity contribution is -0.144. The summed E-state index contributed by atoms with van der Waals surface area (Å²) in [5.41, 5.74) is 13.8. The number of amides is 1. The molecule has 0 aliphatic carbocycles. The van der Waals surface area contributed by atoms with E-state index in [4.69, 9.17) is 16.2 Å². The van der Waals surface area contributed by atoms with Gasteiger partial charge in [0.1, 0.15) is 6.04 Å². The van der Waals surface area contributed by atoms with Crippen LogP contribution in [0, 0.1) is 0 Å². The van der Waals surface area contributed by atoms with Gasteiger partial charge in [-0.1, -0.05) is 6.92 Å². The van der Waals surface area contributed by atoms with Gasteiger partial charge >= 0.3 is 11.9 Å². The Morgan fingerprint density at radius 2 is 1.86 bits per heavy atom. The number of aliphatic carboxylic acids is 1. The molecule has 1 atom stereocenters. The molecule has 1 aromatic carbocycles. The van der Waals surface area contributed by atoms with Gasteiger partial charge in [0.15, 0.2) is 17.0 Å². The first kappa shape index (κ1) is 26.1. The van der Waals surface area contributed by atoms with Gasteiger partial charge in [-0.3, -0.25) is 9.59 Å². The van der Waals surface area contributed by atoms with Gasteiger partial charge in [0.2, 0.25) is 5.95 Å². The van der Waals surface area contributed by atoms with Gasteiger partial charge in [-0.05, 0) is 37.1 Å². The highest BCUT2D eigenvalue weighted by atomic mass is 16.5. The SMILES string of the molecule is CCCOC(=O)CC[C@H](NC(=O)c1ccc(N(C)Cc2cnc3nc(N)nc(N)c3n2)cc1)C(=O)O. The highest BCUT2D eigenvalue weighted by Crippen LogP contribution is 2.19. The molecule has 13 nitrogen and oxygen atoms in total. The number of hydrogen-bond acceptors (Lipinski definition) is 11. The monoisotopic (exact) mass is 496 g/mol. The summed E-state index contributed by atoms with van der Waals surface area (Å²) in [6, 6.07) is 5.39. The Hall–Kier alpha value is -4.55. The Kier molecular flexibility index (Phi) is 8.49. The van der Waals surface area contributed by atoms with Crippen LogP contribution < -0.4 is 21.7 Å². The third-order valence-electron chi connectivity index (χ3n) is 5.18. The topological polar surface area (TPSA) is 200 Å². The summed E-state index contributed by atoms with van der Waals surface area (Å²) in [5, 5.41) is 11.9. The lowest BCUT2D eigenvalue weighted by Gasteiger charge is -2.19. The summed E-state index contributed by atoms with van der Waals surface area (Å²) >= 11 is 0. The van der Waals surface area contributed by atoms with Crippen molar-refractivity contribution < 1.29 is 24.2 Å². The van der Waals surface area contributed by atoms with Gasteiger partial charge in [-0.25, -0.2) is 14.8 Å². The van der Waals surface area contributed by atoms with E-state index in [2.05, 4.69) is 25.3 Å². The fraction of sp³-hybridized carbons (Fsp3) is 0.348. The number of nitrogen functional groups attached to an aromatic ring is 2. The number of carboxylic acids is 1. The first-order chi connectivity index (χ1) is 17.2.